The van der Waals surface area contributed by atoms with Crippen LogP contribution in [0.2, 0.25) is 0 Å². The number of amides is 1. The molecule has 0 saturated carbocycles. The first-order valence-electron chi connectivity index (χ1n) is 6.26. The van der Waals surface area contributed by atoms with E-state index in [-0.39, 0.29) is 12.5 Å². The summed E-state index contributed by atoms with van der Waals surface area (Å²) in [6.45, 7) is 1.49. The van der Waals surface area contributed by atoms with Gasteiger partial charge < -0.3 is 15.4 Å². The van der Waals surface area contributed by atoms with Crippen LogP contribution in [0.4, 0.5) is 5.69 Å². The molecule has 106 valence electrons. The standard InChI is InChI=1S/C13H17N5O2/c1-20-9-7-14-10-13(19)16-11-2-4-12(5-3-11)18-8-6-15-17-18/h2-6,8,14H,7,9-10H2,1H3,(H,16,19). The van der Waals surface area contributed by atoms with Crippen molar-refractivity contribution in [1.82, 2.24) is 20.3 Å². The van der Waals surface area contributed by atoms with Gasteiger partial charge in [0, 0.05) is 19.3 Å². The van der Waals surface area contributed by atoms with Gasteiger partial charge in [0.15, 0.2) is 0 Å². The van der Waals surface area contributed by atoms with Crippen LogP contribution in [0.1, 0.15) is 0 Å². The Morgan fingerprint density at radius 1 is 1.35 bits per heavy atom. The molecule has 2 aromatic rings. The van der Waals surface area contributed by atoms with Crippen LogP contribution in [0.25, 0.3) is 5.69 Å². The molecule has 0 aliphatic carbocycles. The predicted molar refractivity (Wildman–Crippen MR) is 74.7 cm³/mol. The number of aromatic nitrogens is 3. The highest BCUT2D eigenvalue weighted by molar-refractivity contribution is 5.92. The summed E-state index contributed by atoms with van der Waals surface area (Å²) < 4.78 is 6.53. The Balaban J connectivity index is 1.83. The van der Waals surface area contributed by atoms with E-state index in [1.807, 2.05) is 24.3 Å². The minimum absolute atomic E-state index is 0.0883. The van der Waals surface area contributed by atoms with Gasteiger partial charge in [-0.2, -0.15) is 0 Å². The summed E-state index contributed by atoms with van der Waals surface area (Å²) in [6.07, 6.45) is 3.37. The molecule has 0 bridgehead atoms. The molecule has 1 aromatic heterocycles. The van der Waals surface area contributed by atoms with Gasteiger partial charge in [0.1, 0.15) is 0 Å². The second-order valence-corrected chi connectivity index (χ2v) is 4.11. The van der Waals surface area contributed by atoms with Crippen LogP contribution >= 0.6 is 0 Å². The van der Waals surface area contributed by atoms with E-state index in [9.17, 15) is 4.79 Å². The van der Waals surface area contributed by atoms with Crippen LogP contribution < -0.4 is 10.6 Å². The lowest BCUT2D eigenvalue weighted by molar-refractivity contribution is -0.115. The topological polar surface area (TPSA) is 81.1 Å². The summed E-state index contributed by atoms with van der Waals surface area (Å²) in [5, 5.41) is 13.4. The summed E-state index contributed by atoms with van der Waals surface area (Å²) in [7, 11) is 1.62. The fourth-order valence-corrected chi connectivity index (χ4v) is 1.62. The molecular formula is C13H17N5O2. The summed E-state index contributed by atoms with van der Waals surface area (Å²) in [6, 6.07) is 7.37. The Kier molecular flexibility index (Phi) is 5.22. The summed E-state index contributed by atoms with van der Waals surface area (Å²) in [5.41, 5.74) is 1.63. The van der Waals surface area contributed by atoms with Gasteiger partial charge in [0.05, 0.1) is 31.2 Å². The van der Waals surface area contributed by atoms with Gasteiger partial charge >= 0.3 is 0 Å². The molecule has 1 aromatic carbocycles. The first-order valence-corrected chi connectivity index (χ1v) is 6.26. The summed E-state index contributed by atoms with van der Waals surface area (Å²) in [5.74, 6) is -0.0883. The van der Waals surface area contributed by atoms with Crippen LogP contribution in [-0.4, -0.2) is 47.7 Å². The second-order valence-electron chi connectivity index (χ2n) is 4.11. The molecule has 1 amide bonds. The van der Waals surface area contributed by atoms with Gasteiger partial charge in [-0.05, 0) is 24.3 Å². The van der Waals surface area contributed by atoms with E-state index in [0.29, 0.717) is 13.2 Å². The van der Waals surface area contributed by atoms with E-state index < -0.39 is 0 Å². The van der Waals surface area contributed by atoms with Crippen molar-refractivity contribution >= 4 is 11.6 Å². The third-order valence-corrected chi connectivity index (χ3v) is 2.61. The van der Waals surface area contributed by atoms with Gasteiger partial charge in [-0.1, -0.05) is 5.21 Å². The number of carbonyl (C=O) groups excluding carboxylic acids is 1. The molecule has 0 atom stereocenters. The fraction of sp³-hybridized carbons (Fsp3) is 0.308. The molecule has 0 saturated heterocycles. The molecule has 0 unspecified atom stereocenters. The number of ether oxygens (including phenoxy) is 1. The van der Waals surface area contributed by atoms with Crippen LogP contribution in [0.15, 0.2) is 36.7 Å². The molecule has 1 heterocycles. The van der Waals surface area contributed by atoms with Crippen molar-refractivity contribution in [1.29, 1.82) is 0 Å². The molecule has 0 spiro atoms. The maximum absolute atomic E-state index is 11.6. The van der Waals surface area contributed by atoms with Gasteiger partial charge in [0.25, 0.3) is 0 Å². The number of anilines is 1. The highest BCUT2D eigenvalue weighted by Gasteiger charge is 2.02. The molecule has 20 heavy (non-hydrogen) atoms. The van der Waals surface area contributed by atoms with Crippen molar-refractivity contribution in [3.63, 3.8) is 0 Å². The number of methoxy groups -OCH3 is 1. The minimum atomic E-state index is -0.0883. The normalized spacial score (nSPS) is 10.4. The fourth-order valence-electron chi connectivity index (χ4n) is 1.62. The Hall–Kier alpha value is -2.25. The smallest absolute Gasteiger partial charge is 0.238 e. The van der Waals surface area contributed by atoms with Crippen LogP contribution in [0, 0.1) is 0 Å². The van der Waals surface area contributed by atoms with Crippen LogP contribution in [0.5, 0.6) is 0 Å². The van der Waals surface area contributed by atoms with Crippen LogP contribution in [-0.2, 0) is 9.53 Å². The van der Waals surface area contributed by atoms with E-state index in [4.69, 9.17) is 4.74 Å². The maximum Gasteiger partial charge on any atom is 0.238 e. The van der Waals surface area contributed by atoms with Crippen molar-refractivity contribution in [2.24, 2.45) is 0 Å². The van der Waals surface area contributed by atoms with Gasteiger partial charge in [-0.3, -0.25) is 4.79 Å². The zero-order chi connectivity index (χ0) is 14.2. The molecule has 0 fully saturated rings. The van der Waals surface area contributed by atoms with Crippen LogP contribution in [0.3, 0.4) is 0 Å². The lowest BCUT2D eigenvalue weighted by atomic mass is 10.3. The van der Waals surface area contributed by atoms with Crippen molar-refractivity contribution < 1.29 is 9.53 Å². The van der Waals surface area contributed by atoms with E-state index in [0.717, 1.165) is 11.4 Å². The zero-order valence-electron chi connectivity index (χ0n) is 11.2. The number of nitrogens with one attached hydrogen (secondary N) is 2. The third-order valence-electron chi connectivity index (χ3n) is 2.61. The Bertz CT molecular complexity index is 524. The van der Waals surface area contributed by atoms with E-state index in [2.05, 4.69) is 20.9 Å². The maximum atomic E-state index is 11.6. The molecule has 2 rings (SSSR count). The van der Waals surface area contributed by atoms with Crippen molar-refractivity contribution in [2.75, 3.05) is 32.1 Å². The average Bonchev–Trinajstić information content (AvgIpc) is 2.99. The van der Waals surface area contributed by atoms with Crippen molar-refractivity contribution in [3.8, 4) is 5.69 Å². The summed E-state index contributed by atoms with van der Waals surface area (Å²) >= 11 is 0. The monoisotopic (exact) mass is 275 g/mol. The van der Waals surface area contributed by atoms with E-state index >= 15 is 0 Å². The SMILES string of the molecule is COCCNCC(=O)Nc1ccc(-n2ccnn2)cc1. The zero-order valence-corrected chi connectivity index (χ0v) is 11.2. The second kappa shape index (κ2) is 7.37. The molecule has 2 N–H and O–H groups in total. The highest BCUT2D eigenvalue weighted by Crippen LogP contribution is 2.11. The van der Waals surface area contributed by atoms with E-state index in [1.165, 1.54) is 0 Å². The molecule has 0 radical (unpaired) electrons. The minimum Gasteiger partial charge on any atom is -0.383 e. The number of benzene rings is 1. The first-order chi connectivity index (χ1) is 9.79. The number of hydrogen-bond acceptors (Lipinski definition) is 5. The number of hydrogen-bond donors (Lipinski definition) is 2. The lowest BCUT2D eigenvalue weighted by Crippen LogP contribution is -2.30. The van der Waals surface area contributed by atoms with Gasteiger partial charge in [-0.15, -0.1) is 5.10 Å². The third kappa shape index (κ3) is 4.15. The molecule has 0 aliphatic heterocycles. The van der Waals surface area contributed by atoms with Crippen molar-refractivity contribution in [2.45, 2.75) is 0 Å². The first kappa shape index (κ1) is 14.2. The summed E-state index contributed by atoms with van der Waals surface area (Å²) in [4.78, 5) is 11.6. The quantitative estimate of drug-likeness (QED) is 0.717. The Morgan fingerprint density at radius 2 is 2.15 bits per heavy atom. The Labute approximate surface area is 116 Å². The van der Waals surface area contributed by atoms with Gasteiger partial charge in [0.2, 0.25) is 5.91 Å². The lowest BCUT2D eigenvalue weighted by Gasteiger charge is -2.07. The van der Waals surface area contributed by atoms with E-state index in [1.54, 1.807) is 24.2 Å². The Morgan fingerprint density at radius 3 is 2.80 bits per heavy atom. The van der Waals surface area contributed by atoms with Gasteiger partial charge in [-0.25, -0.2) is 4.68 Å². The number of nitrogens with zero attached hydrogens (tertiary/aromatic N) is 3. The highest BCUT2D eigenvalue weighted by atomic mass is 16.5. The molecule has 7 heteroatoms. The number of rotatable bonds is 7. The van der Waals surface area contributed by atoms with Crippen molar-refractivity contribution in [3.05, 3.63) is 36.7 Å². The molecular weight excluding hydrogens is 258 g/mol. The predicted octanol–water partition coefficient (Wildman–Crippen LogP) is 0.442. The molecule has 7 nitrogen and oxygen atoms in total. The number of carbonyl (C=O) groups is 1. The molecule has 0 aliphatic rings. The average molecular weight is 275 g/mol. The largest absolute Gasteiger partial charge is 0.383 e.